The Morgan fingerprint density at radius 3 is 2.37 bits per heavy atom. The minimum atomic E-state index is -1.82. The Labute approximate surface area is 111 Å². The van der Waals surface area contributed by atoms with Gasteiger partial charge in [0.15, 0.2) is 6.10 Å². The van der Waals surface area contributed by atoms with Crippen molar-refractivity contribution in [2.75, 3.05) is 11.9 Å². The van der Waals surface area contributed by atoms with Crippen LogP contribution in [0.5, 0.6) is 0 Å². The second-order valence-corrected chi connectivity index (χ2v) is 4.47. The van der Waals surface area contributed by atoms with Crippen LogP contribution in [0.4, 0.5) is 5.69 Å². The average molecular weight is 269 g/mol. The van der Waals surface area contributed by atoms with E-state index < -0.39 is 30.8 Å². The van der Waals surface area contributed by atoms with Gasteiger partial charge < -0.3 is 25.7 Å². The first-order chi connectivity index (χ1) is 8.86. The van der Waals surface area contributed by atoms with Crippen molar-refractivity contribution in [3.8, 4) is 0 Å². The molecule has 3 atom stereocenters. The number of carbonyl (C=O) groups excluding carboxylic acids is 1. The maximum Gasteiger partial charge on any atom is 0.256 e. The molecule has 106 valence electrons. The van der Waals surface area contributed by atoms with E-state index in [4.69, 9.17) is 10.2 Å². The minimum absolute atomic E-state index is 0.484. The van der Waals surface area contributed by atoms with Gasteiger partial charge in [0.05, 0.1) is 6.61 Å². The summed E-state index contributed by atoms with van der Waals surface area (Å²) >= 11 is 0. The third-order valence-electron chi connectivity index (χ3n) is 2.95. The Balaban J connectivity index is 2.71. The smallest absolute Gasteiger partial charge is 0.256 e. The Morgan fingerprint density at radius 2 is 1.84 bits per heavy atom. The number of anilines is 1. The zero-order valence-electron chi connectivity index (χ0n) is 10.9. The second kappa shape index (κ2) is 6.63. The fourth-order valence-corrected chi connectivity index (χ4v) is 1.51. The molecule has 1 aromatic carbocycles. The number of hydrogen-bond acceptors (Lipinski definition) is 5. The Kier molecular flexibility index (Phi) is 5.44. The van der Waals surface area contributed by atoms with Gasteiger partial charge in [-0.2, -0.15) is 0 Å². The van der Waals surface area contributed by atoms with Crippen molar-refractivity contribution in [2.24, 2.45) is 0 Å². The lowest BCUT2D eigenvalue weighted by atomic mass is 10.1. The van der Waals surface area contributed by atoms with Crippen LogP contribution in [0.1, 0.15) is 11.1 Å². The van der Waals surface area contributed by atoms with Crippen LogP contribution in [-0.2, 0) is 4.79 Å². The normalized spacial score (nSPS) is 15.7. The first kappa shape index (κ1) is 15.6. The van der Waals surface area contributed by atoms with Gasteiger partial charge in [-0.05, 0) is 37.1 Å². The summed E-state index contributed by atoms with van der Waals surface area (Å²) in [6.07, 6.45) is -5.12. The summed E-state index contributed by atoms with van der Waals surface area (Å²) in [5.41, 5.74) is 2.52. The summed E-state index contributed by atoms with van der Waals surface area (Å²) in [6, 6.07) is 5.22. The fraction of sp³-hybridized carbons (Fsp3) is 0.462. The standard InChI is InChI=1S/C13H19NO5/c1-7-3-4-9(5-8(7)2)14-13(19)12(18)11(17)10(16)6-15/h3-5,10-12,15-18H,6H2,1-2H3,(H,14,19)/t10-,11-,12+/m0/s1. The van der Waals surface area contributed by atoms with Gasteiger partial charge in [0.2, 0.25) is 0 Å². The van der Waals surface area contributed by atoms with Crippen LogP contribution in [0.25, 0.3) is 0 Å². The molecule has 6 heteroatoms. The summed E-state index contributed by atoms with van der Waals surface area (Å²) < 4.78 is 0. The van der Waals surface area contributed by atoms with Crippen molar-refractivity contribution in [1.82, 2.24) is 0 Å². The van der Waals surface area contributed by atoms with E-state index in [1.807, 2.05) is 19.9 Å². The SMILES string of the molecule is Cc1ccc(NC(=O)[C@H](O)[C@@H](O)[C@@H](O)CO)cc1C. The second-order valence-electron chi connectivity index (χ2n) is 4.47. The molecule has 0 heterocycles. The van der Waals surface area contributed by atoms with Gasteiger partial charge >= 0.3 is 0 Å². The van der Waals surface area contributed by atoms with Crippen molar-refractivity contribution in [3.05, 3.63) is 29.3 Å². The van der Waals surface area contributed by atoms with Gasteiger partial charge in [0, 0.05) is 5.69 Å². The fourth-order valence-electron chi connectivity index (χ4n) is 1.51. The van der Waals surface area contributed by atoms with E-state index in [-0.39, 0.29) is 0 Å². The molecule has 0 fully saturated rings. The number of aliphatic hydroxyl groups is 4. The molecule has 0 spiro atoms. The van der Waals surface area contributed by atoms with E-state index in [0.717, 1.165) is 11.1 Å². The predicted octanol–water partition coefficient (Wildman–Crippen LogP) is -0.683. The van der Waals surface area contributed by atoms with Gasteiger partial charge in [-0.25, -0.2) is 0 Å². The maximum absolute atomic E-state index is 11.7. The largest absolute Gasteiger partial charge is 0.394 e. The molecular formula is C13H19NO5. The Hall–Kier alpha value is -1.47. The topological polar surface area (TPSA) is 110 Å². The molecule has 0 aliphatic carbocycles. The number of rotatable bonds is 5. The number of carbonyl (C=O) groups is 1. The zero-order valence-corrected chi connectivity index (χ0v) is 10.9. The number of amides is 1. The Morgan fingerprint density at radius 1 is 1.21 bits per heavy atom. The van der Waals surface area contributed by atoms with E-state index >= 15 is 0 Å². The molecule has 6 nitrogen and oxygen atoms in total. The third kappa shape index (κ3) is 4.00. The molecule has 5 N–H and O–H groups in total. The first-order valence-corrected chi connectivity index (χ1v) is 5.90. The van der Waals surface area contributed by atoms with Crippen LogP contribution in [0.2, 0.25) is 0 Å². The number of nitrogens with one attached hydrogen (secondary N) is 1. The van der Waals surface area contributed by atoms with E-state index in [0.29, 0.717) is 5.69 Å². The molecule has 0 aromatic heterocycles. The molecule has 19 heavy (non-hydrogen) atoms. The van der Waals surface area contributed by atoms with E-state index in [2.05, 4.69) is 5.32 Å². The average Bonchev–Trinajstić information content (AvgIpc) is 2.40. The number of aryl methyl sites for hydroxylation is 2. The van der Waals surface area contributed by atoms with Gasteiger partial charge in [0.25, 0.3) is 5.91 Å². The van der Waals surface area contributed by atoms with Crippen molar-refractivity contribution in [2.45, 2.75) is 32.2 Å². The highest BCUT2D eigenvalue weighted by atomic mass is 16.4. The van der Waals surface area contributed by atoms with Crippen LogP contribution >= 0.6 is 0 Å². The maximum atomic E-state index is 11.7. The van der Waals surface area contributed by atoms with E-state index in [9.17, 15) is 15.0 Å². The summed E-state index contributed by atoms with van der Waals surface area (Å²) in [7, 11) is 0. The van der Waals surface area contributed by atoms with Gasteiger partial charge in [-0.15, -0.1) is 0 Å². The Bertz CT molecular complexity index is 449. The number of benzene rings is 1. The highest BCUT2D eigenvalue weighted by Crippen LogP contribution is 2.15. The van der Waals surface area contributed by atoms with Crippen molar-refractivity contribution < 1.29 is 25.2 Å². The van der Waals surface area contributed by atoms with Gasteiger partial charge in [-0.3, -0.25) is 4.79 Å². The molecule has 0 saturated heterocycles. The highest BCUT2D eigenvalue weighted by molar-refractivity contribution is 5.94. The van der Waals surface area contributed by atoms with E-state index in [1.54, 1.807) is 12.1 Å². The molecule has 0 aliphatic heterocycles. The first-order valence-electron chi connectivity index (χ1n) is 5.90. The highest BCUT2D eigenvalue weighted by Gasteiger charge is 2.29. The minimum Gasteiger partial charge on any atom is -0.394 e. The summed E-state index contributed by atoms with van der Waals surface area (Å²) in [4.78, 5) is 11.7. The monoisotopic (exact) mass is 269 g/mol. The molecule has 0 radical (unpaired) electrons. The van der Waals surface area contributed by atoms with Crippen LogP contribution in [0.15, 0.2) is 18.2 Å². The van der Waals surface area contributed by atoms with Crippen molar-refractivity contribution in [1.29, 1.82) is 0 Å². The van der Waals surface area contributed by atoms with Gasteiger partial charge in [-0.1, -0.05) is 6.07 Å². The quantitative estimate of drug-likeness (QED) is 0.486. The molecule has 1 amide bonds. The summed E-state index contributed by atoms with van der Waals surface area (Å²) in [5, 5.41) is 39.2. The lowest BCUT2D eigenvalue weighted by molar-refractivity contribution is -0.137. The zero-order chi connectivity index (χ0) is 14.6. The van der Waals surface area contributed by atoms with Crippen molar-refractivity contribution >= 4 is 11.6 Å². The lowest BCUT2D eigenvalue weighted by Crippen LogP contribution is -2.46. The molecule has 1 rings (SSSR count). The number of aliphatic hydroxyl groups excluding tert-OH is 4. The molecule has 0 unspecified atom stereocenters. The molecular weight excluding hydrogens is 250 g/mol. The molecule has 1 aromatic rings. The van der Waals surface area contributed by atoms with E-state index in [1.165, 1.54) is 0 Å². The van der Waals surface area contributed by atoms with Gasteiger partial charge in [0.1, 0.15) is 12.2 Å². The molecule has 0 bridgehead atoms. The van der Waals surface area contributed by atoms with Crippen LogP contribution in [-0.4, -0.2) is 51.3 Å². The third-order valence-corrected chi connectivity index (χ3v) is 2.95. The molecule has 0 aliphatic rings. The van der Waals surface area contributed by atoms with Crippen LogP contribution in [0.3, 0.4) is 0 Å². The summed E-state index contributed by atoms with van der Waals surface area (Å²) in [5.74, 6) is -0.844. The van der Waals surface area contributed by atoms with Crippen molar-refractivity contribution in [3.63, 3.8) is 0 Å². The lowest BCUT2D eigenvalue weighted by Gasteiger charge is -2.21. The summed E-state index contributed by atoms with van der Waals surface area (Å²) in [6.45, 7) is 3.07. The van der Waals surface area contributed by atoms with Crippen LogP contribution < -0.4 is 5.32 Å². The van der Waals surface area contributed by atoms with Crippen LogP contribution in [0, 0.1) is 13.8 Å². The number of hydrogen-bond donors (Lipinski definition) is 5. The predicted molar refractivity (Wildman–Crippen MR) is 69.7 cm³/mol. The molecule has 0 saturated carbocycles.